The maximum Gasteiger partial charge on any atom is 0.419 e. The SMILES string of the molecule is Cc1cn(C(=O)O)c(=O)[nH]c1=O. The van der Waals surface area contributed by atoms with Gasteiger partial charge in [0.2, 0.25) is 0 Å². The Hall–Kier alpha value is -1.85. The fourth-order valence-electron chi connectivity index (χ4n) is 0.709. The van der Waals surface area contributed by atoms with Crippen molar-refractivity contribution in [3.05, 3.63) is 32.6 Å². The molecule has 0 aliphatic carbocycles. The average molecular weight is 170 g/mol. The zero-order chi connectivity index (χ0) is 9.30. The third-order valence-corrected chi connectivity index (χ3v) is 1.33. The molecule has 0 bridgehead atoms. The molecule has 0 spiro atoms. The summed E-state index contributed by atoms with van der Waals surface area (Å²) in [5, 5.41) is 8.42. The van der Waals surface area contributed by atoms with Gasteiger partial charge in [0.25, 0.3) is 5.56 Å². The van der Waals surface area contributed by atoms with E-state index < -0.39 is 17.3 Å². The van der Waals surface area contributed by atoms with Crippen molar-refractivity contribution in [3.8, 4) is 0 Å². The standard InChI is InChI=1S/C6H6N2O4/c1-3-2-8(6(11)12)5(10)7-4(3)9/h2H,1H3,(H,11,12)(H,7,9,10). The molecule has 12 heavy (non-hydrogen) atoms. The Labute approximate surface area is 66.1 Å². The van der Waals surface area contributed by atoms with Crippen LogP contribution in [0, 0.1) is 6.92 Å². The number of aromatic amines is 1. The first-order valence-corrected chi connectivity index (χ1v) is 3.08. The highest BCUT2D eigenvalue weighted by molar-refractivity contribution is 5.67. The summed E-state index contributed by atoms with van der Waals surface area (Å²) < 4.78 is 0.413. The Morgan fingerprint density at radius 1 is 1.58 bits per heavy atom. The van der Waals surface area contributed by atoms with Crippen LogP contribution in [0.5, 0.6) is 0 Å². The molecule has 1 rings (SSSR count). The maximum absolute atomic E-state index is 10.8. The van der Waals surface area contributed by atoms with E-state index in [-0.39, 0.29) is 5.56 Å². The van der Waals surface area contributed by atoms with Gasteiger partial charge in [0, 0.05) is 11.8 Å². The topological polar surface area (TPSA) is 92.2 Å². The summed E-state index contributed by atoms with van der Waals surface area (Å²) in [5.41, 5.74) is -1.34. The number of aryl methyl sites for hydroxylation is 1. The third-order valence-electron chi connectivity index (χ3n) is 1.33. The highest BCUT2D eigenvalue weighted by Gasteiger charge is 2.05. The molecule has 2 N–H and O–H groups in total. The van der Waals surface area contributed by atoms with Gasteiger partial charge in [-0.15, -0.1) is 0 Å². The number of H-pyrrole nitrogens is 1. The molecule has 0 saturated carbocycles. The van der Waals surface area contributed by atoms with Crippen LogP contribution >= 0.6 is 0 Å². The summed E-state index contributed by atoms with van der Waals surface area (Å²) in [4.78, 5) is 33.7. The molecular formula is C6H6N2O4. The van der Waals surface area contributed by atoms with E-state index in [0.29, 0.717) is 4.57 Å². The Kier molecular flexibility index (Phi) is 1.82. The van der Waals surface area contributed by atoms with E-state index in [9.17, 15) is 14.4 Å². The summed E-state index contributed by atoms with van der Waals surface area (Å²) in [6.45, 7) is 1.41. The summed E-state index contributed by atoms with van der Waals surface area (Å²) in [5.74, 6) is 0. The van der Waals surface area contributed by atoms with Gasteiger partial charge in [0.1, 0.15) is 0 Å². The van der Waals surface area contributed by atoms with E-state index in [1.165, 1.54) is 6.92 Å². The Bertz CT molecular complexity index is 428. The van der Waals surface area contributed by atoms with Gasteiger partial charge in [0.15, 0.2) is 0 Å². The summed E-state index contributed by atoms with van der Waals surface area (Å²) in [6.07, 6.45) is -0.442. The molecule has 0 radical (unpaired) electrons. The van der Waals surface area contributed by atoms with Gasteiger partial charge >= 0.3 is 11.8 Å². The van der Waals surface area contributed by atoms with E-state index in [1.807, 2.05) is 4.98 Å². The van der Waals surface area contributed by atoms with E-state index >= 15 is 0 Å². The van der Waals surface area contributed by atoms with Crippen molar-refractivity contribution >= 4 is 6.09 Å². The average Bonchev–Trinajstić information content (AvgIpc) is 1.96. The molecule has 1 aromatic rings. The molecule has 0 aliphatic rings. The number of nitrogens with zero attached hydrogens (tertiary/aromatic N) is 1. The van der Waals surface area contributed by atoms with Gasteiger partial charge in [-0.3, -0.25) is 9.78 Å². The number of nitrogens with one attached hydrogen (secondary N) is 1. The van der Waals surface area contributed by atoms with Crippen LogP contribution < -0.4 is 11.2 Å². The van der Waals surface area contributed by atoms with Crippen LogP contribution in [-0.2, 0) is 0 Å². The molecule has 1 heterocycles. The first-order valence-electron chi connectivity index (χ1n) is 3.08. The number of rotatable bonds is 0. The highest BCUT2D eigenvalue weighted by atomic mass is 16.4. The molecule has 0 fully saturated rings. The van der Waals surface area contributed by atoms with Crippen LogP contribution in [0.1, 0.15) is 5.56 Å². The molecule has 6 nitrogen and oxygen atoms in total. The molecular weight excluding hydrogens is 164 g/mol. The largest absolute Gasteiger partial charge is 0.464 e. The quantitative estimate of drug-likeness (QED) is 0.542. The second-order valence-corrected chi connectivity index (χ2v) is 2.22. The minimum atomic E-state index is -1.42. The van der Waals surface area contributed by atoms with Gasteiger partial charge in [-0.05, 0) is 6.92 Å². The van der Waals surface area contributed by atoms with Crippen LogP contribution in [0.3, 0.4) is 0 Å². The maximum atomic E-state index is 10.8. The number of hydrogen-bond acceptors (Lipinski definition) is 3. The molecule has 6 heteroatoms. The number of carboxylic acid groups (broad SMARTS) is 1. The number of carbonyl (C=O) groups is 1. The van der Waals surface area contributed by atoms with Crippen LogP contribution in [-0.4, -0.2) is 20.8 Å². The summed E-state index contributed by atoms with van der Waals surface area (Å²) in [7, 11) is 0. The van der Waals surface area contributed by atoms with Crippen LogP contribution in [0.15, 0.2) is 15.8 Å². The van der Waals surface area contributed by atoms with E-state index in [2.05, 4.69) is 0 Å². The van der Waals surface area contributed by atoms with Crippen molar-refractivity contribution < 1.29 is 9.90 Å². The predicted octanol–water partition coefficient (Wildman–Crippen LogP) is -0.629. The van der Waals surface area contributed by atoms with Gasteiger partial charge < -0.3 is 5.11 Å². The minimum Gasteiger partial charge on any atom is -0.464 e. The van der Waals surface area contributed by atoms with E-state index in [1.54, 1.807) is 0 Å². The lowest BCUT2D eigenvalue weighted by atomic mass is 10.4. The molecule has 0 aliphatic heterocycles. The number of aromatic nitrogens is 2. The van der Waals surface area contributed by atoms with Crippen molar-refractivity contribution in [1.82, 2.24) is 9.55 Å². The molecule has 0 atom stereocenters. The molecule has 0 aromatic carbocycles. The summed E-state index contributed by atoms with van der Waals surface area (Å²) >= 11 is 0. The van der Waals surface area contributed by atoms with E-state index in [4.69, 9.17) is 5.11 Å². The normalized spacial score (nSPS) is 9.75. The third kappa shape index (κ3) is 1.26. The fourth-order valence-corrected chi connectivity index (χ4v) is 0.709. The first-order chi connectivity index (χ1) is 5.52. The number of hydrogen-bond donors (Lipinski definition) is 2. The Morgan fingerprint density at radius 2 is 2.17 bits per heavy atom. The van der Waals surface area contributed by atoms with Gasteiger partial charge in [-0.2, -0.15) is 0 Å². The van der Waals surface area contributed by atoms with Crippen molar-refractivity contribution in [2.45, 2.75) is 6.92 Å². The lowest BCUT2D eigenvalue weighted by Crippen LogP contribution is -2.33. The lowest BCUT2D eigenvalue weighted by Gasteiger charge is -1.97. The zero-order valence-corrected chi connectivity index (χ0v) is 6.20. The molecule has 0 saturated heterocycles. The zero-order valence-electron chi connectivity index (χ0n) is 6.20. The van der Waals surface area contributed by atoms with Crippen molar-refractivity contribution in [1.29, 1.82) is 0 Å². The van der Waals surface area contributed by atoms with Crippen LogP contribution in [0.25, 0.3) is 0 Å². The second kappa shape index (κ2) is 2.65. The van der Waals surface area contributed by atoms with Gasteiger partial charge in [-0.25, -0.2) is 14.2 Å². The van der Waals surface area contributed by atoms with Crippen molar-refractivity contribution in [3.63, 3.8) is 0 Å². The predicted molar refractivity (Wildman–Crippen MR) is 39.5 cm³/mol. The lowest BCUT2D eigenvalue weighted by molar-refractivity contribution is 0.194. The van der Waals surface area contributed by atoms with E-state index in [0.717, 1.165) is 6.20 Å². The monoisotopic (exact) mass is 170 g/mol. The molecule has 0 unspecified atom stereocenters. The Balaban J connectivity index is 3.54. The molecule has 64 valence electrons. The van der Waals surface area contributed by atoms with Crippen molar-refractivity contribution in [2.24, 2.45) is 0 Å². The molecule has 1 aromatic heterocycles. The smallest absolute Gasteiger partial charge is 0.419 e. The van der Waals surface area contributed by atoms with Gasteiger partial charge in [-0.1, -0.05) is 0 Å². The van der Waals surface area contributed by atoms with Crippen LogP contribution in [0.4, 0.5) is 4.79 Å². The minimum absolute atomic E-state index is 0.178. The Morgan fingerprint density at radius 3 is 2.67 bits per heavy atom. The van der Waals surface area contributed by atoms with Crippen LogP contribution in [0.2, 0.25) is 0 Å². The first kappa shape index (κ1) is 8.25. The molecule has 0 amide bonds. The summed E-state index contributed by atoms with van der Waals surface area (Å²) in [6, 6.07) is 0. The fraction of sp³-hybridized carbons (Fsp3) is 0.167. The highest BCUT2D eigenvalue weighted by Crippen LogP contribution is 1.82. The van der Waals surface area contributed by atoms with Crippen molar-refractivity contribution in [2.75, 3.05) is 0 Å². The second-order valence-electron chi connectivity index (χ2n) is 2.22. The van der Waals surface area contributed by atoms with Gasteiger partial charge in [0.05, 0.1) is 0 Å².